The van der Waals surface area contributed by atoms with E-state index in [-0.39, 0.29) is 0 Å². The van der Waals surface area contributed by atoms with Crippen molar-refractivity contribution >= 4 is 71.4 Å². The highest BCUT2D eigenvalue weighted by Crippen LogP contribution is 2.44. The van der Waals surface area contributed by atoms with Crippen LogP contribution in [0, 0.1) is 0 Å². The number of anilines is 3. The van der Waals surface area contributed by atoms with Crippen molar-refractivity contribution in [1.29, 1.82) is 0 Å². The van der Waals surface area contributed by atoms with Gasteiger partial charge >= 0.3 is 0 Å². The first-order chi connectivity index (χ1) is 30.3. The summed E-state index contributed by atoms with van der Waals surface area (Å²) in [5, 5.41) is 7.46. The van der Waals surface area contributed by atoms with Crippen molar-refractivity contribution < 1.29 is 0 Å². The topological polar surface area (TPSA) is 13.1 Å². The fraction of sp³-hybridized carbons (Fsp3) is 0. The van der Waals surface area contributed by atoms with Crippen molar-refractivity contribution in [2.45, 2.75) is 0 Å². The first kappa shape index (κ1) is 34.9. The van der Waals surface area contributed by atoms with E-state index in [2.05, 4.69) is 251 Å². The van der Waals surface area contributed by atoms with Gasteiger partial charge in [0.05, 0.1) is 27.8 Å². The molecule has 61 heavy (non-hydrogen) atoms. The lowest BCUT2D eigenvalue weighted by atomic mass is 9.95. The average molecular weight is 778 g/mol. The largest absolute Gasteiger partial charge is 0.310 e. The summed E-state index contributed by atoms with van der Waals surface area (Å²) in [4.78, 5) is 2.39. The normalized spacial score (nSPS) is 11.6. The first-order valence-corrected chi connectivity index (χ1v) is 20.9. The van der Waals surface area contributed by atoms with Crippen molar-refractivity contribution in [2.75, 3.05) is 4.90 Å². The van der Waals surface area contributed by atoms with Gasteiger partial charge in [-0.05, 0) is 107 Å². The predicted octanol–water partition coefficient (Wildman–Crippen LogP) is 15.8. The minimum Gasteiger partial charge on any atom is -0.310 e. The molecule has 0 N–H and O–H groups in total. The Balaban J connectivity index is 0.936. The number of aromatic nitrogens is 2. The van der Waals surface area contributed by atoms with E-state index in [0.29, 0.717) is 0 Å². The zero-order valence-electron chi connectivity index (χ0n) is 33.4. The highest BCUT2D eigenvalue weighted by atomic mass is 15.1. The van der Waals surface area contributed by atoms with Gasteiger partial charge in [0.1, 0.15) is 0 Å². The van der Waals surface area contributed by atoms with E-state index in [1.54, 1.807) is 0 Å². The van der Waals surface area contributed by atoms with E-state index >= 15 is 0 Å². The van der Waals surface area contributed by atoms with E-state index in [1.165, 1.54) is 76.6 Å². The Morgan fingerprint density at radius 2 is 0.689 bits per heavy atom. The predicted molar refractivity (Wildman–Crippen MR) is 258 cm³/mol. The van der Waals surface area contributed by atoms with Crippen LogP contribution in [0.3, 0.4) is 0 Å². The molecule has 0 spiro atoms. The van der Waals surface area contributed by atoms with Crippen LogP contribution >= 0.6 is 0 Å². The number of benzene rings is 10. The van der Waals surface area contributed by atoms with Crippen LogP contribution in [0.4, 0.5) is 17.1 Å². The van der Waals surface area contributed by atoms with Gasteiger partial charge in [-0.3, -0.25) is 0 Å². The van der Waals surface area contributed by atoms with E-state index in [0.717, 1.165) is 28.4 Å². The number of para-hydroxylation sites is 5. The van der Waals surface area contributed by atoms with Crippen molar-refractivity contribution in [3.8, 4) is 33.6 Å². The number of hydrogen-bond acceptors (Lipinski definition) is 1. The van der Waals surface area contributed by atoms with Crippen LogP contribution in [-0.2, 0) is 0 Å². The number of hydrogen-bond donors (Lipinski definition) is 0. The second-order valence-electron chi connectivity index (χ2n) is 15.7. The van der Waals surface area contributed by atoms with Gasteiger partial charge in [-0.2, -0.15) is 0 Å². The highest BCUT2D eigenvalue weighted by Gasteiger charge is 2.19. The van der Waals surface area contributed by atoms with Crippen LogP contribution in [-0.4, -0.2) is 9.13 Å². The molecule has 0 saturated carbocycles. The average Bonchev–Trinajstić information content (AvgIpc) is 3.85. The second kappa shape index (κ2) is 14.3. The Hall–Kier alpha value is -8.14. The van der Waals surface area contributed by atoms with Crippen molar-refractivity contribution in [3.63, 3.8) is 0 Å². The zero-order chi connectivity index (χ0) is 40.3. The fourth-order valence-electron chi connectivity index (χ4n) is 9.53. The van der Waals surface area contributed by atoms with Gasteiger partial charge in [0, 0.05) is 49.7 Å². The molecule has 10 aromatic carbocycles. The lowest BCUT2D eigenvalue weighted by Gasteiger charge is -2.27. The summed E-state index contributed by atoms with van der Waals surface area (Å²) in [5.41, 5.74) is 15.3. The molecule has 0 saturated heterocycles. The molecule has 0 aliphatic rings. The van der Waals surface area contributed by atoms with Gasteiger partial charge in [0.2, 0.25) is 0 Å². The third kappa shape index (κ3) is 5.74. The maximum atomic E-state index is 2.39. The maximum Gasteiger partial charge on any atom is 0.0547 e. The molecule has 3 nitrogen and oxygen atoms in total. The standard InChI is InChI=1S/C58H39N3/c1-3-15-43(16-4-1)59(45-32-27-40(28-33-45)41-29-34-46(35-30-41)60-54-24-12-9-21-50(54)51-22-10-13-25-55(51)60)57-38-37-47(48-19-7-8-20-49(48)57)42-31-36-53-52-23-11-14-26-56(52)61(58(53)39-42)44-17-5-2-6-18-44/h1-39H. The van der Waals surface area contributed by atoms with Crippen LogP contribution in [0.1, 0.15) is 0 Å². The Morgan fingerprint density at radius 3 is 1.30 bits per heavy atom. The van der Waals surface area contributed by atoms with Gasteiger partial charge in [-0.1, -0.05) is 158 Å². The summed E-state index contributed by atoms with van der Waals surface area (Å²) in [6.07, 6.45) is 0. The van der Waals surface area contributed by atoms with E-state index in [4.69, 9.17) is 0 Å². The minimum absolute atomic E-state index is 1.10. The molecule has 12 aromatic rings. The SMILES string of the molecule is c1ccc(N(c2ccc(-c3ccc(-n4c5ccccc5c5ccccc54)cc3)cc2)c2ccc(-c3ccc4c5ccccc5n(-c5ccccc5)c4c3)c3ccccc23)cc1. The van der Waals surface area contributed by atoms with Gasteiger partial charge in [-0.25, -0.2) is 0 Å². The smallest absolute Gasteiger partial charge is 0.0547 e. The summed E-state index contributed by atoms with van der Waals surface area (Å²) in [5.74, 6) is 0. The number of fused-ring (bicyclic) bond motifs is 7. The maximum absolute atomic E-state index is 2.39. The van der Waals surface area contributed by atoms with Crippen molar-refractivity contribution in [1.82, 2.24) is 9.13 Å². The Bertz CT molecular complexity index is 3510. The monoisotopic (exact) mass is 777 g/mol. The number of rotatable bonds is 7. The van der Waals surface area contributed by atoms with Gasteiger partial charge in [0.25, 0.3) is 0 Å². The molecule has 0 fully saturated rings. The molecule has 12 rings (SSSR count). The van der Waals surface area contributed by atoms with E-state index < -0.39 is 0 Å². The molecule has 0 unspecified atom stereocenters. The minimum atomic E-state index is 1.10. The van der Waals surface area contributed by atoms with Gasteiger partial charge < -0.3 is 14.0 Å². The molecule has 0 radical (unpaired) electrons. The third-order valence-corrected chi connectivity index (χ3v) is 12.3. The molecule has 0 aliphatic carbocycles. The molecule has 0 atom stereocenters. The summed E-state index contributed by atoms with van der Waals surface area (Å²) in [6, 6.07) is 85.8. The van der Waals surface area contributed by atoms with Crippen LogP contribution in [0.5, 0.6) is 0 Å². The van der Waals surface area contributed by atoms with Crippen LogP contribution in [0.15, 0.2) is 237 Å². The molecule has 0 bridgehead atoms. The fourth-order valence-corrected chi connectivity index (χ4v) is 9.53. The van der Waals surface area contributed by atoms with E-state index in [1.807, 2.05) is 0 Å². The summed E-state index contributed by atoms with van der Waals surface area (Å²) < 4.78 is 4.76. The molecule has 2 aromatic heterocycles. The molecular formula is C58H39N3. The molecular weight excluding hydrogens is 739 g/mol. The second-order valence-corrected chi connectivity index (χ2v) is 15.7. The Kier molecular flexibility index (Phi) is 8.17. The molecule has 0 aliphatic heterocycles. The third-order valence-electron chi connectivity index (χ3n) is 12.3. The summed E-state index contributed by atoms with van der Waals surface area (Å²) in [6.45, 7) is 0. The van der Waals surface area contributed by atoms with Crippen LogP contribution in [0.2, 0.25) is 0 Å². The quantitative estimate of drug-likeness (QED) is 0.157. The van der Waals surface area contributed by atoms with Crippen molar-refractivity contribution in [2.24, 2.45) is 0 Å². The van der Waals surface area contributed by atoms with Gasteiger partial charge in [-0.15, -0.1) is 0 Å². The van der Waals surface area contributed by atoms with Crippen LogP contribution < -0.4 is 4.90 Å². The van der Waals surface area contributed by atoms with Gasteiger partial charge in [0.15, 0.2) is 0 Å². The van der Waals surface area contributed by atoms with Crippen LogP contribution in [0.25, 0.3) is 88.0 Å². The highest BCUT2D eigenvalue weighted by molar-refractivity contribution is 6.12. The lowest BCUT2D eigenvalue weighted by molar-refractivity contribution is 1.18. The van der Waals surface area contributed by atoms with E-state index in [9.17, 15) is 0 Å². The number of nitrogens with zero attached hydrogens (tertiary/aromatic N) is 3. The molecule has 3 heteroatoms. The van der Waals surface area contributed by atoms with Crippen molar-refractivity contribution in [3.05, 3.63) is 237 Å². The zero-order valence-corrected chi connectivity index (χ0v) is 33.4. The summed E-state index contributed by atoms with van der Waals surface area (Å²) in [7, 11) is 0. The first-order valence-electron chi connectivity index (χ1n) is 20.9. The lowest BCUT2D eigenvalue weighted by Crippen LogP contribution is -2.10. The summed E-state index contributed by atoms with van der Waals surface area (Å²) >= 11 is 0. The molecule has 286 valence electrons. The molecule has 0 amide bonds. The Morgan fingerprint density at radius 1 is 0.262 bits per heavy atom. The molecule has 2 heterocycles. The Labute approximate surface area is 354 Å².